The predicted octanol–water partition coefficient (Wildman–Crippen LogP) is 19.9. The Balaban J connectivity index is 4.05. The SMILES string of the molecule is CCCCCCCCCC/C=C\CCCCCCCCCCCCCCCCCCCCCC(=O)OC(COC(=O)CCCCCCCCCCCCCCCCCCCCCCCCC)COC(OCC[N+](C)(C)C)C(=O)[O-]. The van der Waals surface area contributed by atoms with Gasteiger partial charge >= 0.3 is 11.9 Å². The van der Waals surface area contributed by atoms with Crippen LogP contribution in [0, 0.1) is 0 Å². The molecule has 0 aliphatic heterocycles. The van der Waals surface area contributed by atoms with Crippen LogP contribution in [0.25, 0.3) is 0 Å². The minimum atomic E-state index is -1.62. The summed E-state index contributed by atoms with van der Waals surface area (Å²) in [4.78, 5) is 37.5. The van der Waals surface area contributed by atoms with Crippen LogP contribution < -0.4 is 5.11 Å². The molecule has 0 spiro atoms. The summed E-state index contributed by atoms with van der Waals surface area (Å²) < 4.78 is 22.8. The van der Waals surface area contributed by atoms with Crippen molar-refractivity contribution in [1.82, 2.24) is 0 Å². The number of carboxylic acid groups (broad SMARTS) is 1. The van der Waals surface area contributed by atoms with E-state index in [-0.39, 0.29) is 32.2 Å². The summed E-state index contributed by atoms with van der Waals surface area (Å²) in [6.45, 7) is 4.83. The molecule has 0 saturated carbocycles. The highest BCUT2D eigenvalue weighted by Crippen LogP contribution is 2.19. The van der Waals surface area contributed by atoms with Crippen LogP contribution >= 0.6 is 0 Å². The molecule has 0 aromatic heterocycles. The minimum Gasteiger partial charge on any atom is -0.545 e. The molecule has 0 saturated heterocycles. The number of hydrogen-bond donors (Lipinski definition) is 0. The molecule has 2 unspecified atom stereocenters. The molecule has 0 fully saturated rings. The van der Waals surface area contributed by atoms with Crippen molar-refractivity contribution in [3.05, 3.63) is 12.2 Å². The first kappa shape index (κ1) is 77.0. The van der Waals surface area contributed by atoms with Crippen molar-refractivity contribution in [2.45, 2.75) is 373 Å². The van der Waals surface area contributed by atoms with Crippen LogP contribution in [0.5, 0.6) is 0 Å². The summed E-state index contributed by atoms with van der Waals surface area (Å²) in [5.41, 5.74) is 0. The summed E-state index contributed by atoms with van der Waals surface area (Å²) >= 11 is 0. The fourth-order valence-electron chi connectivity index (χ4n) is 10.7. The first-order valence-electron chi connectivity index (χ1n) is 34.8. The van der Waals surface area contributed by atoms with Crippen LogP contribution in [0.15, 0.2) is 12.2 Å². The third-order valence-electron chi connectivity index (χ3n) is 16.0. The van der Waals surface area contributed by atoms with Gasteiger partial charge in [0.1, 0.15) is 13.2 Å². The van der Waals surface area contributed by atoms with E-state index in [0.717, 1.165) is 38.5 Å². The average Bonchev–Trinajstić information content (AvgIpc) is 3.42. The Morgan fingerprint density at radius 3 is 0.937 bits per heavy atom. The van der Waals surface area contributed by atoms with Crippen molar-refractivity contribution in [3.63, 3.8) is 0 Å². The number of carbonyl (C=O) groups excluding carboxylic acids is 3. The Labute approximate surface area is 491 Å². The molecule has 0 amide bonds. The molecule has 0 rings (SSSR count). The molecule has 0 aliphatic rings. The largest absolute Gasteiger partial charge is 0.545 e. The monoisotopic (exact) mass is 1120 g/mol. The second-order valence-corrected chi connectivity index (χ2v) is 25.2. The van der Waals surface area contributed by atoms with Crippen molar-refractivity contribution < 1.29 is 42.9 Å². The zero-order valence-corrected chi connectivity index (χ0v) is 53.5. The zero-order chi connectivity index (χ0) is 57.6. The third-order valence-corrected chi connectivity index (χ3v) is 16.0. The number of carbonyl (C=O) groups is 3. The van der Waals surface area contributed by atoms with Crippen molar-refractivity contribution in [2.75, 3.05) is 47.5 Å². The molecule has 2 atom stereocenters. The topological polar surface area (TPSA) is 111 Å². The summed E-state index contributed by atoms with van der Waals surface area (Å²) in [6.07, 6.45) is 71.5. The van der Waals surface area contributed by atoms with Gasteiger partial charge in [-0.1, -0.05) is 321 Å². The molecule has 9 heteroatoms. The number of unbranched alkanes of at least 4 members (excludes halogenated alkanes) is 49. The molecule has 0 N–H and O–H groups in total. The van der Waals surface area contributed by atoms with Crippen LogP contribution in [0.1, 0.15) is 361 Å². The van der Waals surface area contributed by atoms with Gasteiger partial charge in [0.05, 0.1) is 40.3 Å². The first-order chi connectivity index (χ1) is 38.6. The van der Waals surface area contributed by atoms with Crippen molar-refractivity contribution in [2.24, 2.45) is 0 Å². The summed E-state index contributed by atoms with van der Waals surface area (Å²) in [6, 6.07) is 0. The lowest BCUT2D eigenvalue weighted by atomic mass is 10.0. The lowest BCUT2D eigenvalue weighted by Gasteiger charge is -2.26. The number of ether oxygens (including phenoxy) is 4. The van der Waals surface area contributed by atoms with Gasteiger partial charge in [-0.25, -0.2) is 0 Å². The van der Waals surface area contributed by atoms with E-state index in [1.54, 1.807) is 0 Å². The Kier molecular flexibility index (Phi) is 60.5. The zero-order valence-electron chi connectivity index (χ0n) is 53.5. The minimum absolute atomic E-state index is 0.153. The number of allylic oxidation sites excluding steroid dienone is 2. The maximum atomic E-state index is 12.9. The van der Waals surface area contributed by atoms with Crippen LogP contribution in [0.2, 0.25) is 0 Å². The van der Waals surface area contributed by atoms with Gasteiger partial charge in [-0.3, -0.25) is 9.59 Å². The Morgan fingerprint density at radius 1 is 0.367 bits per heavy atom. The van der Waals surface area contributed by atoms with Gasteiger partial charge in [0.25, 0.3) is 0 Å². The van der Waals surface area contributed by atoms with Crippen molar-refractivity contribution in [1.29, 1.82) is 0 Å². The van der Waals surface area contributed by atoms with Gasteiger partial charge in [-0.05, 0) is 38.5 Å². The van der Waals surface area contributed by atoms with E-state index < -0.39 is 24.3 Å². The van der Waals surface area contributed by atoms with Gasteiger partial charge in [0.2, 0.25) is 0 Å². The van der Waals surface area contributed by atoms with E-state index in [0.29, 0.717) is 17.4 Å². The lowest BCUT2D eigenvalue weighted by Crippen LogP contribution is -2.44. The molecule has 0 aliphatic carbocycles. The fraction of sp³-hybridized carbons (Fsp3) is 0.929. The molecule has 0 aromatic carbocycles. The number of carboxylic acids is 1. The quantitative estimate of drug-likeness (QED) is 0.0195. The number of rotatable bonds is 66. The summed E-state index contributed by atoms with van der Waals surface area (Å²) in [7, 11) is 5.95. The van der Waals surface area contributed by atoms with E-state index in [9.17, 15) is 19.5 Å². The Hall–Kier alpha value is -1.97. The molecular formula is C70H135NO8. The molecular weight excluding hydrogens is 983 g/mol. The van der Waals surface area contributed by atoms with Gasteiger partial charge in [0.15, 0.2) is 12.4 Å². The lowest BCUT2D eigenvalue weighted by molar-refractivity contribution is -0.870. The van der Waals surface area contributed by atoms with Crippen LogP contribution in [-0.4, -0.2) is 82.3 Å². The number of likely N-dealkylation sites (N-methyl/N-ethyl adjacent to an activating group) is 1. The Morgan fingerprint density at radius 2 is 0.646 bits per heavy atom. The fourth-order valence-corrected chi connectivity index (χ4v) is 10.7. The summed E-state index contributed by atoms with van der Waals surface area (Å²) in [5.74, 6) is -2.25. The van der Waals surface area contributed by atoms with Gasteiger partial charge in [-0.15, -0.1) is 0 Å². The van der Waals surface area contributed by atoms with Crippen molar-refractivity contribution in [3.8, 4) is 0 Å². The average molecular weight is 1120 g/mol. The van der Waals surface area contributed by atoms with Crippen molar-refractivity contribution >= 4 is 17.9 Å². The predicted molar refractivity (Wildman–Crippen MR) is 334 cm³/mol. The second kappa shape index (κ2) is 62.1. The van der Waals surface area contributed by atoms with E-state index in [4.69, 9.17) is 18.9 Å². The molecule has 468 valence electrons. The molecule has 0 radical (unpaired) electrons. The van der Waals surface area contributed by atoms with E-state index in [1.165, 1.54) is 295 Å². The number of hydrogen-bond acceptors (Lipinski definition) is 8. The molecule has 0 heterocycles. The summed E-state index contributed by atoms with van der Waals surface area (Å²) in [5, 5.41) is 11.8. The van der Waals surface area contributed by atoms with E-state index in [1.807, 2.05) is 21.1 Å². The highest BCUT2D eigenvalue weighted by molar-refractivity contribution is 5.70. The molecule has 9 nitrogen and oxygen atoms in total. The van der Waals surface area contributed by atoms with Crippen LogP contribution in [-0.2, 0) is 33.3 Å². The van der Waals surface area contributed by atoms with Crippen LogP contribution in [0.4, 0.5) is 0 Å². The van der Waals surface area contributed by atoms with Gasteiger partial charge in [-0.2, -0.15) is 0 Å². The normalized spacial score (nSPS) is 12.7. The number of esters is 2. The number of quaternary nitrogens is 1. The highest BCUT2D eigenvalue weighted by atomic mass is 16.7. The second-order valence-electron chi connectivity index (χ2n) is 25.2. The van der Waals surface area contributed by atoms with Crippen LogP contribution in [0.3, 0.4) is 0 Å². The number of nitrogens with zero attached hydrogens (tertiary/aromatic N) is 1. The maximum Gasteiger partial charge on any atom is 0.306 e. The smallest absolute Gasteiger partial charge is 0.306 e. The Bertz CT molecular complexity index is 1300. The van der Waals surface area contributed by atoms with E-state index >= 15 is 0 Å². The standard InChI is InChI=1S/C70H135NO8/c1-6-8-10-12-14-16-18-20-22-24-26-28-30-31-32-33-34-35-36-37-39-41-43-45-47-49-51-53-55-57-59-61-68(73)79-66(65-78-70(69(74)75)76-63-62-71(3,4)5)64-77-67(72)60-58-56-54-52-50-48-46-44-42-40-38-29-27-25-23-21-19-17-15-13-11-9-7-2/h24,26,66,70H,6-23,25,27-65H2,1-5H3/b26-24-. The molecule has 79 heavy (non-hydrogen) atoms. The van der Waals surface area contributed by atoms with Gasteiger partial charge in [0, 0.05) is 12.8 Å². The number of aliphatic carboxylic acids is 1. The highest BCUT2D eigenvalue weighted by Gasteiger charge is 2.22. The molecule has 0 bridgehead atoms. The maximum absolute atomic E-state index is 12.9. The first-order valence-corrected chi connectivity index (χ1v) is 34.8. The van der Waals surface area contributed by atoms with Gasteiger partial charge < -0.3 is 33.3 Å². The van der Waals surface area contributed by atoms with E-state index in [2.05, 4.69) is 26.0 Å². The molecule has 0 aromatic rings. The third kappa shape index (κ3) is 63.5.